The number of carbonyl (C=O) groups is 2. The summed E-state index contributed by atoms with van der Waals surface area (Å²) >= 11 is 0. The lowest BCUT2D eigenvalue weighted by atomic mass is 10.1. The molecule has 1 aliphatic heterocycles. The Morgan fingerprint density at radius 2 is 1.86 bits per heavy atom. The number of hydrogen-bond acceptors (Lipinski definition) is 5. The number of amides is 2. The lowest BCUT2D eigenvalue weighted by molar-refractivity contribution is -0.117. The van der Waals surface area contributed by atoms with Gasteiger partial charge in [-0.2, -0.15) is 0 Å². The standard InChI is InChI=1S/C22H24N2O5/c1-3-4-11-23-22(26)18(12-15-5-10-19-20(13-15)29-14-28-19)24-21(25)16-6-8-17(27-2)9-7-16/h5-10,12-13H,3-4,11,14H2,1-2H3,(H,23,26)(H,24,25)/b18-12-. The molecule has 0 spiro atoms. The van der Waals surface area contributed by atoms with Crippen molar-refractivity contribution in [3.05, 3.63) is 59.3 Å². The fourth-order valence-corrected chi connectivity index (χ4v) is 2.74. The molecule has 0 atom stereocenters. The molecule has 7 heteroatoms. The van der Waals surface area contributed by atoms with Crippen LogP contribution in [0.1, 0.15) is 35.7 Å². The molecule has 7 nitrogen and oxygen atoms in total. The molecule has 3 rings (SSSR count). The molecular weight excluding hydrogens is 372 g/mol. The number of rotatable bonds is 8. The zero-order valence-electron chi connectivity index (χ0n) is 16.5. The summed E-state index contributed by atoms with van der Waals surface area (Å²) in [5.74, 6) is 1.17. The van der Waals surface area contributed by atoms with Crippen molar-refractivity contribution in [3.8, 4) is 17.2 Å². The van der Waals surface area contributed by atoms with Crippen LogP contribution in [0.5, 0.6) is 17.2 Å². The second-order valence-electron chi connectivity index (χ2n) is 6.46. The van der Waals surface area contributed by atoms with Crippen molar-refractivity contribution in [1.29, 1.82) is 0 Å². The smallest absolute Gasteiger partial charge is 0.267 e. The van der Waals surface area contributed by atoms with E-state index in [2.05, 4.69) is 10.6 Å². The molecule has 0 unspecified atom stereocenters. The Balaban J connectivity index is 1.81. The van der Waals surface area contributed by atoms with Crippen LogP contribution in [-0.2, 0) is 4.79 Å². The highest BCUT2D eigenvalue weighted by molar-refractivity contribution is 6.05. The maximum atomic E-state index is 12.7. The number of hydrogen-bond donors (Lipinski definition) is 2. The second-order valence-corrected chi connectivity index (χ2v) is 6.46. The summed E-state index contributed by atoms with van der Waals surface area (Å²) in [5, 5.41) is 5.54. The Hall–Kier alpha value is -3.48. The number of methoxy groups -OCH3 is 1. The summed E-state index contributed by atoms with van der Waals surface area (Å²) in [6.07, 6.45) is 3.43. The molecule has 1 aliphatic rings. The van der Waals surface area contributed by atoms with Gasteiger partial charge in [0.15, 0.2) is 11.5 Å². The average molecular weight is 396 g/mol. The van der Waals surface area contributed by atoms with Crippen LogP contribution in [0.4, 0.5) is 0 Å². The predicted octanol–water partition coefficient (Wildman–Crippen LogP) is 3.11. The Bertz CT molecular complexity index is 906. The monoisotopic (exact) mass is 396 g/mol. The Morgan fingerprint density at radius 1 is 1.10 bits per heavy atom. The van der Waals surface area contributed by atoms with Crippen molar-refractivity contribution in [2.24, 2.45) is 0 Å². The van der Waals surface area contributed by atoms with Crippen LogP contribution in [0.15, 0.2) is 48.2 Å². The SMILES string of the molecule is CCCCNC(=O)/C(=C/c1ccc2c(c1)OCO2)NC(=O)c1ccc(OC)cc1. The fraction of sp³-hybridized carbons (Fsp3) is 0.273. The van der Waals surface area contributed by atoms with Gasteiger partial charge in [-0.3, -0.25) is 9.59 Å². The van der Waals surface area contributed by atoms with E-state index in [1.165, 1.54) is 0 Å². The van der Waals surface area contributed by atoms with Gasteiger partial charge in [0.05, 0.1) is 7.11 Å². The fourth-order valence-electron chi connectivity index (χ4n) is 2.74. The molecule has 152 valence electrons. The first kappa shape index (κ1) is 20.3. The Labute approximate surface area is 169 Å². The zero-order chi connectivity index (χ0) is 20.6. The molecule has 2 N–H and O–H groups in total. The number of ether oxygens (including phenoxy) is 3. The molecule has 0 aliphatic carbocycles. The van der Waals surface area contributed by atoms with Gasteiger partial charge < -0.3 is 24.8 Å². The lowest BCUT2D eigenvalue weighted by Crippen LogP contribution is -2.35. The number of nitrogens with one attached hydrogen (secondary N) is 2. The van der Waals surface area contributed by atoms with Crippen LogP contribution in [0, 0.1) is 0 Å². The minimum absolute atomic E-state index is 0.154. The normalized spacial score (nSPS) is 12.4. The van der Waals surface area contributed by atoms with E-state index in [4.69, 9.17) is 14.2 Å². The molecule has 1 heterocycles. The molecule has 0 radical (unpaired) electrons. The van der Waals surface area contributed by atoms with Gasteiger partial charge in [0.25, 0.3) is 11.8 Å². The van der Waals surface area contributed by atoms with Crippen LogP contribution >= 0.6 is 0 Å². The van der Waals surface area contributed by atoms with E-state index in [0.717, 1.165) is 12.8 Å². The van der Waals surface area contributed by atoms with E-state index < -0.39 is 0 Å². The van der Waals surface area contributed by atoms with Gasteiger partial charge in [-0.1, -0.05) is 19.4 Å². The first-order chi connectivity index (χ1) is 14.1. The number of benzene rings is 2. The van der Waals surface area contributed by atoms with E-state index in [1.54, 1.807) is 55.7 Å². The maximum absolute atomic E-state index is 12.7. The molecule has 29 heavy (non-hydrogen) atoms. The molecule has 0 aromatic heterocycles. The third-order valence-corrected chi connectivity index (χ3v) is 4.37. The van der Waals surface area contributed by atoms with Gasteiger partial charge in [0, 0.05) is 12.1 Å². The minimum atomic E-state index is -0.384. The average Bonchev–Trinajstić information content (AvgIpc) is 3.21. The van der Waals surface area contributed by atoms with Gasteiger partial charge in [-0.25, -0.2) is 0 Å². The highest BCUT2D eigenvalue weighted by Gasteiger charge is 2.17. The van der Waals surface area contributed by atoms with E-state index in [-0.39, 0.29) is 24.3 Å². The largest absolute Gasteiger partial charge is 0.497 e. The minimum Gasteiger partial charge on any atom is -0.497 e. The molecule has 2 aromatic rings. The molecule has 0 fully saturated rings. The third-order valence-electron chi connectivity index (χ3n) is 4.37. The van der Waals surface area contributed by atoms with Gasteiger partial charge in [0.2, 0.25) is 6.79 Å². The van der Waals surface area contributed by atoms with Crippen molar-refractivity contribution in [2.45, 2.75) is 19.8 Å². The Kier molecular flexibility index (Phi) is 6.73. The lowest BCUT2D eigenvalue weighted by Gasteiger charge is -2.11. The molecule has 0 saturated heterocycles. The van der Waals surface area contributed by atoms with E-state index >= 15 is 0 Å². The summed E-state index contributed by atoms with van der Waals surface area (Å²) in [5.41, 5.74) is 1.29. The number of unbranched alkanes of at least 4 members (excludes halogenated alkanes) is 1. The van der Waals surface area contributed by atoms with Crippen LogP contribution in [-0.4, -0.2) is 32.3 Å². The molecule has 2 aromatic carbocycles. The summed E-state index contributed by atoms with van der Waals surface area (Å²) < 4.78 is 15.8. The predicted molar refractivity (Wildman–Crippen MR) is 109 cm³/mol. The second kappa shape index (κ2) is 9.64. The summed E-state index contributed by atoms with van der Waals surface area (Å²) in [7, 11) is 1.56. The quantitative estimate of drug-likeness (QED) is 0.529. The van der Waals surface area contributed by atoms with Gasteiger partial charge >= 0.3 is 0 Å². The van der Waals surface area contributed by atoms with E-state index in [1.807, 2.05) is 6.92 Å². The van der Waals surface area contributed by atoms with Crippen molar-refractivity contribution in [1.82, 2.24) is 10.6 Å². The molecule has 0 bridgehead atoms. The van der Waals surface area contributed by atoms with Gasteiger partial charge in [-0.05, 0) is 54.5 Å². The maximum Gasteiger partial charge on any atom is 0.267 e. The summed E-state index contributed by atoms with van der Waals surface area (Å²) in [4.78, 5) is 25.3. The zero-order valence-corrected chi connectivity index (χ0v) is 16.5. The van der Waals surface area contributed by atoms with Crippen LogP contribution < -0.4 is 24.8 Å². The van der Waals surface area contributed by atoms with Crippen LogP contribution in [0.25, 0.3) is 6.08 Å². The summed E-state index contributed by atoms with van der Waals surface area (Å²) in [6, 6.07) is 12.0. The molecule has 0 saturated carbocycles. The topological polar surface area (TPSA) is 85.9 Å². The number of carbonyl (C=O) groups excluding carboxylic acids is 2. The molecular formula is C22H24N2O5. The first-order valence-electron chi connectivity index (χ1n) is 9.45. The van der Waals surface area contributed by atoms with Crippen molar-refractivity contribution in [2.75, 3.05) is 20.4 Å². The van der Waals surface area contributed by atoms with Crippen molar-refractivity contribution in [3.63, 3.8) is 0 Å². The highest BCUT2D eigenvalue weighted by Crippen LogP contribution is 2.33. The third kappa shape index (κ3) is 5.28. The van der Waals surface area contributed by atoms with Crippen molar-refractivity contribution < 1.29 is 23.8 Å². The first-order valence-corrected chi connectivity index (χ1v) is 9.45. The van der Waals surface area contributed by atoms with Crippen LogP contribution in [0.2, 0.25) is 0 Å². The van der Waals surface area contributed by atoms with E-state index in [9.17, 15) is 9.59 Å². The van der Waals surface area contributed by atoms with Crippen LogP contribution in [0.3, 0.4) is 0 Å². The van der Waals surface area contributed by atoms with E-state index in [0.29, 0.717) is 34.9 Å². The number of fused-ring (bicyclic) bond motifs is 1. The Morgan fingerprint density at radius 3 is 2.59 bits per heavy atom. The summed E-state index contributed by atoms with van der Waals surface area (Å²) in [6.45, 7) is 2.74. The highest BCUT2D eigenvalue weighted by atomic mass is 16.7. The van der Waals surface area contributed by atoms with Gasteiger partial charge in [-0.15, -0.1) is 0 Å². The molecule has 2 amide bonds. The van der Waals surface area contributed by atoms with Gasteiger partial charge in [0.1, 0.15) is 11.4 Å². The van der Waals surface area contributed by atoms with Crippen molar-refractivity contribution >= 4 is 17.9 Å².